The van der Waals surface area contributed by atoms with E-state index in [9.17, 15) is 4.79 Å². The second-order valence-electron chi connectivity index (χ2n) is 6.67. The van der Waals surface area contributed by atoms with Crippen LogP contribution in [0.5, 0.6) is 0 Å². The summed E-state index contributed by atoms with van der Waals surface area (Å²) >= 11 is 0. The highest BCUT2D eigenvalue weighted by atomic mass is 16.5. The summed E-state index contributed by atoms with van der Waals surface area (Å²) in [5.74, 6) is -0.0658. The number of carbonyl (C=O) groups excluding carboxylic acids is 1. The summed E-state index contributed by atoms with van der Waals surface area (Å²) in [4.78, 5) is 17.2. The Kier molecular flexibility index (Phi) is 5.14. The highest BCUT2D eigenvalue weighted by Gasteiger charge is 2.32. The van der Waals surface area contributed by atoms with Crippen molar-refractivity contribution in [1.82, 2.24) is 15.1 Å². The molecule has 3 fully saturated rings. The minimum atomic E-state index is -0.112. The maximum atomic E-state index is 12.1. The molecule has 2 aliphatic heterocycles. The molecule has 0 aromatic heterocycles. The summed E-state index contributed by atoms with van der Waals surface area (Å²) in [6, 6.07) is 1.20. The number of rotatable bonds is 7. The van der Waals surface area contributed by atoms with Crippen LogP contribution >= 0.6 is 0 Å². The molecule has 2 unspecified atom stereocenters. The number of nitrogens with zero attached hydrogens (tertiary/aromatic N) is 2. The van der Waals surface area contributed by atoms with Crippen molar-refractivity contribution in [2.75, 3.05) is 39.3 Å². The Bertz CT molecular complexity index is 359. The molecule has 120 valence electrons. The molecule has 2 atom stereocenters. The molecule has 0 bridgehead atoms. The number of fused-ring (bicyclic) bond motifs is 1. The van der Waals surface area contributed by atoms with E-state index in [0.717, 1.165) is 25.6 Å². The average Bonchev–Trinajstić information content (AvgIpc) is 3.18. The molecule has 2 saturated heterocycles. The van der Waals surface area contributed by atoms with Gasteiger partial charge in [0.15, 0.2) is 0 Å². The Morgan fingerprint density at radius 3 is 2.90 bits per heavy atom. The molecule has 2 heterocycles. The number of carbonyl (C=O) groups is 1. The first-order chi connectivity index (χ1) is 10.3. The standard InChI is InChI=1S/C16H29N3O2/c1-2-21-16(20)15(17-13-5-6-13)7-9-18-10-11-19-8-3-4-14(19)12-18/h13-15,17H,2-12H2,1H3. The largest absolute Gasteiger partial charge is 0.465 e. The lowest BCUT2D eigenvalue weighted by molar-refractivity contribution is -0.146. The highest BCUT2D eigenvalue weighted by Crippen LogP contribution is 2.23. The third-order valence-electron chi connectivity index (χ3n) is 4.99. The molecule has 1 saturated carbocycles. The Labute approximate surface area is 128 Å². The van der Waals surface area contributed by atoms with Gasteiger partial charge in [0, 0.05) is 38.3 Å². The molecule has 5 heteroatoms. The van der Waals surface area contributed by atoms with Gasteiger partial charge < -0.3 is 15.0 Å². The molecule has 0 radical (unpaired) electrons. The SMILES string of the molecule is CCOC(=O)C(CCN1CCN2CCCC2C1)NC1CC1. The van der Waals surface area contributed by atoms with E-state index in [1.165, 1.54) is 45.3 Å². The van der Waals surface area contributed by atoms with Crippen LogP contribution in [0.4, 0.5) is 0 Å². The normalized spacial score (nSPS) is 28.3. The topological polar surface area (TPSA) is 44.8 Å². The Balaban J connectivity index is 1.45. The van der Waals surface area contributed by atoms with E-state index in [1.807, 2.05) is 6.92 Å². The van der Waals surface area contributed by atoms with E-state index in [0.29, 0.717) is 12.6 Å². The average molecular weight is 295 g/mol. The van der Waals surface area contributed by atoms with E-state index in [1.54, 1.807) is 0 Å². The Morgan fingerprint density at radius 2 is 2.14 bits per heavy atom. The molecular formula is C16H29N3O2. The smallest absolute Gasteiger partial charge is 0.323 e. The van der Waals surface area contributed by atoms with Crippen molar-refractivity contribution < 1.29 is 9.53 Å². The van der Waals surface area contributed by atoms with Gasteiger partial charge in [0.2, 0.25) is 0 Å². The zero-order chi connectivity index (χ0) is 14.7. The van der Waals surface area contributed by atoms with Crippen molar-refractivity contribution in [2.45, 2.75) is 57.2 Å². The summed E-state index contributed by atoms with van der Waals surface area (Å²) in [7, 11) is 0. The molecule has 3 aliphatic rings. The van der Waals surface area contributed by atoms with Crippen LogP contribution in [-0.2, 0) is 9.53 Å². The molecule has 0 aromatic carbocycles. The van der Waals surface area contributed by atoms with Crippen molar-refractivity contribution in [2.24, 2.45) is 0 Å². The van der Waals surface area contributed by atoms with Crippen LogP contribution in [0, 0.1) is 0 Å². The lowest BCUT2D eigenvalue weighted by Crippen LogP contribution is -2.51. The summed E-state index contributed by atoms with van der Waals surface area (Å²) < 4.78 is 5.21. The Morgan fingerprint density at radius 1 is 1.29 bits per heavy atom. The summed E-state index contributed by atoms with van der Waals surface area (Å²) in [5, 5.41) is 3.45. The molecule has 0 amide bonds. The van der Waals surface area contributed by atoms with E-state index in [2.05, 4.69) is 15.1 Å². The lowest BCUT2D eigenvalue weighted by atomic mass is 10.1. The van der Waals surface area contributed by atoms with Crippen LogP contribution < -0.4 is 5.32 Å². The monoisotopic (exact) mass is 295 g/mol. The van der Waals surface area contributed by atoms with Crippen molar-refractivity contribution in [3.05, 3.63) is 0 Å². The van der Waals surface area contributed by atoms with Crippen molar-refractivity contribution in [3.8, 4) is 0 Å². The van der Waals surface area contributed by atoms with Gasteiger partial charge in [-0.3, -0.25) is 9.69 Å². The molecule has 1 aliphatic carbocycles. The number of nitrogens with one attached hydrogen (secondary N) is 1. The zero-order valence-electron chi connectivity index (χ0n) is 13.2. The maximum Gasteiger partial charge on any atom is 0.323 e. The quantitative estimate of drug-likeness (QED) is 0.705. The molecule has 5 nitrogen and oxygen atoms in total. The maximum absolute atomic E-state index is 12.1. The molecular weight excluding hydrogens is 266 g/mol. The summed E-state index contributed by atoms with van der Waals surface area (Å²) in [5.41, 5.74) is 0. The third kappa shape index (κ3) is 4.18. The zero-order valence-corrected chi connectivity index (χ0v) is 13.2. The number of esters is 1. The van der Waals surface area contributed by atoms with Crippen molar-refractivity contribution in [3.63, 3.8) is 0 Å². The van der Waals surface area contributed by atoms with Crippen LogP contribution in [0.1, 0.15) is 39.0 Å². The van der Waals surface area contributed by atoms with Crippen molar-refractivity contribution >= 4 is 5.97 Å². The van der Waals surface area contributed by atoms with Gasteiger partial charge in [-0.25, -0.2) is 0 Å². The molecule has 21 heavy (non-hydrogen) atoms. The van der Waals surface area contributed by atoms with Crippen LogP contribution in [0.25, 0.3) is 0 Å². The van der Waals surface area contributed by atoms with Gasteiger partial charge >= 0.3 is 5.97 Å². The Hall–Kier alpha value is -0.650. The van der Waals surface area contributed by atoms with Gasteiger partial charge in [0.25, 0.3) is 0 Å². The van der Waals surface area contributed by atoms with Crippen molar-refractivity contribution in [1.29, 1.82) is 0 Å². The van der Waals surface area contributed by atoms with Gasteiger partial charge in [0.05, 0.1) is 6.61 Å². The van der Waals surface area contributed by atoms with Gasteiger partial charge in [-0.05, 0) is 45.6 Å². The number of ether oxygens (including phenoxy) is 1. The number of piperazine rings is 1. The van der Waals surface area contributed by atoms with Gasteiger partial charge in [-0.15, -0.1) is 0 Å². The van der Waals surface area contributed by atoms with E-state index in [4.69, 9.17) is 4.74 Å². The molecule has 0 spiro atoms. The predicted octanol–water partition coefficient (Wildman–Crippen LogP) is 0.840. The van der Waals surface area contributed by atoms with Gasteiger partial charge in [-0.1, -0.05) is 0 Å². The van der Waals surface area contributed by atoms with E-state index < -0.39 is 0 Å². The van der Waals surface area contributed by atoms with Crippen LogP contribution in [0.15, 0.2) is 0 Å². The molecule has 1 N–H and O–H groups in total. The first-order valence-corrected chi connectivity index (χ1v) is 8.65. The fourth-order valence-electron chi connectivity index (χ4n) is 3.62. The predicted molar refractivity (Wildman–Crippen MR) is 82.2 cm³/mol. The van der Waals surface area contributed by atoms with E-state index in [-0.39, 0.29) is 12.0 Å². The number of hydrogen-bond acceptors (Lipinski definition) is 5. The second-order valence-corrected chi connectivity index (χ2v) is 6.67. The minimum Gasteiger partial charge on any atom is -0.465 e. The fraction of sp³-hybridized carbons (Fsp3) is 0.938. The van der Waals surface area contributed by atoms with Crippen LogP contribution in [0.3, 0.4) is 0 Å². The molecule has 0 aromatic rings. The van der Waals surface area contributed by atoms with Crippen LogP contribution in [-0.4, -0.2) is 73.2 Å². The lowest BCUT2D eigenvalue weighted by Gasteiger charge is -2.37. The minimum absolute atomic E-state index is 0.0658. The first kappa shape index (κ1) is 15.3. The first-order valence-electron chi connectivity index (χ1n) is 8.65. The van der Waals surface area contributed by atoms with Gasteiger partial charge in [-0.2, -0.15) is 0 Å². The third-order valence-corrected chi connectivity index (χ3v) is 4.99. The molecule has 3 rings (SSSR count). The summed E-state index contributed by atoms with van der Waals surface area (Å²) in [6.07, 6.45) is 5.99. The van der Waals surface area contributed by atoms with E-state index >= 15 is 0 Å². The fourth-order valence-corrected chi connectivity index (χ4v) is 3.62. The van der Waals surface area contributed by atoms with Crippen LogP contribution in [0.2, 0.25) is 0 Å². The number of hydrogen-bond donors (Lipinski definition) is 1. The highest BCUT2D eigenvalue weighted by molar-refractivity contribution is 5.75. The summed E-state index contributed by atoms with van der Waals surface area (Å²) in [6.45, 7) is 8.17. The van der Waals surface area contributed by atoms with Gasteiger partial charge in [0.1, 0.15) is 6.04 Å². The second kappa shape index (κ2) is 7.07.